The predicted molar refractivity (Wildman–Crippen MR) is 61.7 cm³/mol. The van der Waals surface area contributed by atoms with Crippen molar-refractivity contribution in [1.82, 2.24) is 4.90 Å². The Balaban J connectivity index is 1.97. The minimum absolute atomic E-state index is 0.365. The third-order valence-corrected chi connectivity index (χ3v) is 2.49. The summed E-state index contributed by atoms with van der Waals surface area (Å²) in [5.74, 6) is -0.865. The van der Waals surface area contributed by atoms with E-state index in [4.69, 9.17) is 5.11 Å². The van der Waals surface area contributed by atoms with Crippen molar-refractivity contribution in [2.24, 2.45) is 0 Å². The lowest BCUT2D eigenvalue weighted by molar-refractivity contribution is -0.132. The van der Waals surface area contributed by atoms with Crippen LogP contribution in [0.4, 0.5) is 0 Å². The molecule has 1 aliphatic heterocycles. The molecule has 1 aliphatic rings. The van der Waals surface area contributed by atoms with Gasteiger partial charge < -0.3 is 10.0 Å². The standard InChI is InChI=1S/C13H13NO2/c15-13(16)12-6-8-14(9-7-12)10-11-4-2-1-3-5-11/h1-8H,9-10H2,(H,15,16). The lowest BCUT2D eigenvalue weighted by Crippen LogP contribution is -2.20. The minimum atomic E-state index is -0.865. The van der Waals surface area contributed by atoms with Crippen molar-refractivity contribution in [2.75, 3.05) is 6.54 Å². The monoisotopic (exact) mass is 215 g/mol. The van der Waals surface area contributed by atoms with Crippen LogP contribution in [0.3, 0.4) is 0 Å². The molecular formula is C13H13NO2. The van der Waals surface area contributed by atoms with Crippen LogP contribution in [0.15, 0.2) is 54.3 Å². The summed E-state index contributed by atoms with van der Waals surface area (Å²) in [6.07, 6.45) is 5.19. The highest BCUT2D eigenvalue weighted by molar-refractivity contribution is 5.90. The molecule has 0 aliphatic carbocycles. The molecule has 1 heterocycles. The molecule has 3 heteroatoms. The van der Waals surface area contributed by atoms with Crippen LogP contribution in [0, 0.1) is 0 Å². The van der Waals surface area contributed by atoms with Crippen LogP contribution >= 0.6 is 0 Å². The lowest BCUT2D eigenvalue weighted by atomic mass is 10.1. The van der Waals surface area contributed by atoms with E-state index in [-0.39, 0.29) is 0 Å². The Labute approximate surface area is 94.3 Å². The average Bonchev–Trinajstić information content (AvgIpc) is 2.31. The van der Waals surface area contributed by atoms with Crippen molar-refractivity contribution in [1.29, 1.82) is 0 Å². The molecule has 16 heavy (non-hydrogen) atoms. The molecule has 0 amide bonds. The molecule has 0 atom stereocenters. The van der Waals surface area contributed by atoms with Crippen molar-refractivity contribution < 1.29 is 9.90 Å². The Kier molecular flexibility index (Phi) is 3.05. The molecule has 1 aromatic rings. The second kappa shape index (κ2) is 4.66. The fourth-order valence-electron chi connectivity index (χ4n) is 1.62. The van der Waals surface area contributed by atoms with Crippen LogP contribution in [0.5, 0.6) is 0 Å². The lowest BCUT2D eigenvalue weighted by Gasteiger charge is -2.21. The van der Waals surface area contributed by atoms with Crippen molar-refractivity contribution in [3.05, 3.63) is 59.8 Å². The van der Waals surface area contributed by atoms with E-state index in [2.05, 4.69) is 17.0 Å². The number of carboxylic acid groups (broad SMARTS) is 1. The normalized spacial score (nSPS) is 14.8. The zero-order valence-electron chi connectivity index (χ0n) is 8.84. The van der Waals surface area contributed by atoms with Gasteiger partial charge in [-0.05, 0) is 11.6 Å². The summed E-state index contributed by atoms with van der Waals surface area (Å²) in [7, 11) is 0. The van der Waals surface area contributed by atoms with Gasteiger partial charge >= 0.3 is 5.97 Å². The van der Waals surface area contributed by atoms with E-state index in [0.717, 1.165) is 6.54 Å². The van der Waals surface area contributed by atoms with Crippen molar-refractivity contribution in [2.45, 2.75) is 6.54 Å². The summed E-state index contributed by atoms with van der Waals surface area (Å²) in [6.45, 7) is 1.45. The molecular weight excluding hydrogens is 202 g/mol. The first-order chi connectivity index (χ1) is 7.75. The molecule has 82 valence electrons. The number of hydrogen-bond donors (Lipinski definition) is 1. The van der Waals surface area contributed by atoms with Crippen LogP contribution in [-0.2, 0) is 11.3 Å². The van der Waals surface area contributed by atoms with Crippen LogP contribution in [0.2, 0.25) is 0 Å². The summed E-state index contributed by atoms with van der Waals surface area (Å²) in [4.78, 5) is 12.8. The third kappa shape index (κ3) is 2.51. The third-order valence-electron chi connectivity index (χ3n) is 2.49. The molecule has 0 saturated carbocycles. The Morgan fingerprint density at radius 2 is 2.06 bits per heavy atom. The Morgan fingerprint density at radius 1 is 1.31 bits per heavy atom. The number of carbonyl (C=O) groups is 1. The van der Waals surface area contributed by atoms with Crippen LogP contribution in [-0.4, -0.2) is 22.5 Å². The summed E-state index contributed by atoms with van der Waals surface area (Å²) in [5.41, 5.74) is 1.59. The number of nitrogens with zero attached hydrogens (tertiary/aromatic N) is 1. The maximum atomic E-state index is 10.7. The first-order valence-electron chi connectivity index (χ1n) is 5.15. The molecule has 0 aromatic heterocycles. The highest BCUT2D eigenvalue weighted by Crippen LogP contribution is 2.11. The molecule has 0 fully saturated rings. The van der Waals surface area contributed by atoms with E-state index in [1.807, 2.05) is 24.4 Å². The second-order valence-electron chi connectivity index (χ2n) is 3.70. The minimum Gasteiger partial charge on any atom is -0.478 e. The maximum absolute atomic E-state index is 10.7. The number of hydrogen-bond acceptors (Lipinski definition) is 2. The van der Waals surface area contributed by atoms with E-state index in [0.29, 0.717) is 12.1 Å². The summed E-state index contributed by atoms with van der Waals surface area (Å²) < 4.78 is 0. The van der Waals surface area contributed by atoms with Crippen LogP contribution in [0.25, 0.3) is 0 Å². The number of carboxylic acids is 1. The van der Waals surface area contributed by atoms with Gasteiger partial charge in [-0.1, -0.05) is 36.4 Å². The van der Waals surface area contributed by atoms with E-state index in [1.165, 1.54) is 5.56 Å². The zero-order chi connectivity index (χ0) is 11.4. The van der Waals surface area contributed by atoms with Gasteiger partial charge in [-0.3, -0.25) is 0 Å². The first-order valence-corrected chi connectivity index (χ1v) is 5.15. The van der Waals surface area contributed by atoms with E-state index < -0.39 is 5.97 Å². The van der Waals surface area contributed by atoms with Gasteiger partial charge in [-0.15, -0.1) is 0 Å². The second-order valence-corrected chi connectivity index (χ2v) is 3.70. The van der Waals surface area contributed by atoms with Gasteiger partial charge in [0.1, 0.15) is 0 Å². The van der Waals surface area contributed by atoms with Gasteiger partial charge in [-0.2, -0.15) is 0 Å². The maximum Gasteiger partial charge on any atom is 0.335 e. The first kappa shape index (κ1) is 10.5. The van der Waals surface area contributed by atoms with E-state index in [9.17, 15) is 4.79 Å². The number of aliphatic carboxylic acids is 1. The van der Waals surface area contributed by atoms with Gasteiger partial charge in [0.05, 0.1) is 5.57 Å². The summed E-state index contributed by atoms with van der Waals surface area (Å²) in [5, 5.41) is 8.78. The average molecular weight is 215 g/mol. The molecule has 0 saturated heterocycles. The van der Waals surface area contributed by atoms with Gasteiger partial charge in [-0.25, -0.2) is 4.79 Å². The Hall–Kier alpha value is -2.03. The van der Waals surface area contributed by atoms with E-state index in [1.54, 1.807) is 12.2 Å². The molecule has 1 aromatic carbocycles. The predicted octanol–water partition coefficient (Wildman–Crippen LogP) is 2.03. The molecule has 0 bridgehead atoms. The smallest absolute Gasteiger partial charge is 0.335 e. The Morgan fingerprint density at radius 3 is 2.62 bits per heavy atom. The van der Waals surface area contributed by atoms with Crippen molar-refractivity contribution in [3.8, 4) is 0 Å². The van der Waals surface area contributed by atoms with E-state index >= 15 is 0 Å². The molecule has 2 rings (SSSR count). The van der Waals surface area contributed by atoms with Crippen LogP contribution in [0.1, 0.15) is 5.56 Å². The van der Waals surface area contributed by atoms with Gasteiger partial charge in [0, 0.05) is 19.3 Å². The summed E-state index contributed by atoms with van der Waals surface area (Å²) >= 11 is 0. The highest BCUT2D eigenvalue weighted by atomic mass is 16.4. The summed E-state index contributed by atoms with van der Waals surface area (Å²) in [6, 6.07) is 10.1. The highest BCUT2D eigenvalue weighted by Gasteiger charge is 2.09. The molecule has 0 unspecified atom stereocenters. The largest absolute Gasteiger partial charge is 0.478 e. The van der Waals surface area contributed by atoms with Gasteiger partial charge in [0.2, 0.25) is 0 Å². The zero-order valence-corrected chi connectivity index (χ0v) is 8.84. The van der Waals surface area contributed by atoms with Crippen LogP contribution < -0.4 is 0 Å². The topological polar surface area (TPSA) is 40.5 Å². The van der Waals surface area contributed by atoms with Crippen molar-refractivity contribution >= 4 is 5.97 Å². The molecule has 0 radical (unpaired) electrons. The number of rotatable bonds is 3. The SMILES string of the molecule is O=C(O)C1=CCN(Cc2ccccc2)C=C1. The molecule has 3 nitrogen and oxygen atoms in total. The molecule has 0 spiro atoms. The fraction of sp³-hybridized carbons (Fsp3) is 0.154. The fourth-order valence-corrected chi connectivity index (χ4v) is 1.62. The van der Waals surface area contributed by atoms with Gasteiger partial charge in [0.15, 0.2) is 0 Å². The number of benzene rings is 1. The Bertz CT molecular complexity index is 435. The molecule has 1 N–H and O–H groups in total. The quantitative estimate of drug-likeness (QED) is 0.838. The van der Waals surface area contributed by atoms with Gasteiger partial charge in [0.25, 0.3) is 0 Å². The van der Waals surface area contributed by atoms with Crippen molar-refractivity contribution in [3.63, 3.8) is 0 Å².